The molecule has 1 rings (SSSR count). The lowest BCUT2D eigenvalue weighted by Crippen LogP contribution is -2.47. The first-order valence-electron chi connectivity index (χ1n) is 4.56. The predicted molar refractivity (Wildman–Crippen MR) is 54.3 cm³/mol. The van der Waals surface area contributed by atoms with Gasteiger partial charge in [-0.15, -0.1) is 11.6 Å². The Morgan fingerprint density at radius 2 is 1.77 bits per heavy atom. The van der Waals surface area contributed by atoms with Crippen molar-refractivity contribution in [2.45, 2.75) is 45.2 Å². The molecule has 3 nitrogen and oxygen atoms in total. The fourth-order valence-corrected chi connectivity index (χ4v) is 3.76. The third-order valence-corrected chi connectivity index (χ3v) is 5.04. The van der Waals surface area contributed by atoms with Crippen molar-refractivity contribution in [2.24, 2.45) is 0 Å². The highest BCUT2D eigenvalue weighted by atomic mass is 35.5. The second kappa shape index (κ2) is 4.15. The molecule has 2 unspecified atom stereocenters. The molecule has 0 amide bonds. The number of hydrogen-bond donors (Lipinski definition) is 0. The van der Waals surface area contributed by atoms with Crippen LogP contribution in [0.1, 0.15) is 33.1 Å². The maximum absolute atomic E-state index is 11.6. The van der Waals surface area contributed by atoms with Gasteiger partial charge in [0.05, 0.1) is 0 Å². The van der Waals surface area contributed by atoms with Crippen molar-refractivity contribution in [1.29, 1.82) is 0 Å². The highest BCUT2D eigenvalue weighted by molar-refractivity contribution is 7.90. The molecular weight excluding hydrogens is 210 g/mol. The Labute approximate surface area is 85.1 Å². The Kier molecular flexibility index (Phi) is 3.60. The van der Waals surface area contributed by atoms with Crippen LogP contribution in [0.3, 0.4) is 0 Å². The van der Waals surface area contributed by atoms with Crippen LogP contribution < -0.4 is 0 Å². The number of hydrogen-bond acceptors (Lipinski definition) is 2. The van der Waals surface area contributed by atoms with Crippen molar-refractivity contribution >= 4 is 21.6 Å². The van der Waals surface area contributed by atoms with Crippen LogP contribution in [-0.4, -0.2) is 30.0 Å². The van der Waals surface area contributed by atoms with E-state index in [0.29, 0.717) is 0 Å². The molecule has 0 radical (unpaired) electrons. The Hall–Kier alpha value is 0.200. The van der Waals surface area contributed by atoms with E-state index in [1.54, 1.807) is 4.31 Å². The average Bonchev–Trinajstić information content (AvgIpc) is 2.03. The van der Waals surface area contributed by atoms with Gasteiger partial charge in [0.1, 0.15) is 5.21 Å². The van der Waals surface area contributed by atoms with E-state index in [0.717, 1.165) is 19.3 Å². The second-order valence-corrected chi connectivity index (χ2v) is 6.14. The maximum Gasteiger partial charge on any atom is 0.228 e. The molecule has 0 aliphatic carbocycles. The standard InChI is InChI=1S/C8H16ClNO2S/c1-7-4-3-5-8(2)10(7)13(11,12)6-9/h7-8H,3-6H2,1-2H3. The van der Waals surface area contributed by atoms with E-state index in [-0.39, 0.29) is 17.3 Å². The minimum atomic E-state index is -3.22. The topological polar surface area (TPSA) is 37.4 Å². The zero-order valence-corrected chi connectivity index (χ0v) is 9.61. The second-order valence-electron chi connectivity index (χ2n) is 3.68. The molecule has 2 atom stereocenters. The molecule has 1 heterocycles. The Morgan fingerprint density at radius 3 is 2.15 bits per heavy atom. The Bertz CT molecular complexity index is 255. The van der Waals surface area contributed by atoms with Crippen LogP contribution in [0.2, 0.25) is 0 Å². The fraction of sp³-hybridized carbons (Fsp3) is 1.00. The molecule has 0 bridgehead atoms. The van der Waals surface area contributed by atoms with Gasteiger partial charge in [-0.05, 0) is 26.7 Å². The lowest BCUT2D eigenvalue weighted by Gasteiger charge is -2.37. The lowest BCUT2D eigenvalue weighted by molar-refractivity contribution is 0.205. The SMILES string of the molecule is CC1CCCC(C)N1S(=O)(=O)CCl. The summed E-state index contributed by atoms with van der Waals surface area (Å²) in [5.74, 6) is 0. The predicted octanol–water partition coefficient (Wildman–Crippen LogP) is 1.78. The molecule has 1 saturated heterocycles. The van der Waals surface area contributed by atoms with E-state index in [9.17, 15) is 8.42 Å². The Balaban J connectivity index is 2.86. The monoisotopic (exact) mass is 225 g/mol. The van der Waals surface area contributed by atoms with Crippen LogP contribution in [0.4, 0.5) is 0 Å². The summed E-state index contributed by atoms with van der Waals surface area (Å²) in [5, 5.41) is -0.304. The molecule has 1 fully saturated rings. The lowest BCUT2D eigenvalue weighted by atomic mass is 10.0. The molecule has 0 aromatic rings. The molecule has 1 aliphatic heterocycles. The van der Waals surface area contributed by atoms with Gasteiger partial charge in [-0.1, -0.05) is 6.42 Å². The molecule has 13 heavy (non-hydrogen) atoms. The molecule has 5 heteroatoms. The molecule has 0 N–H and O–H groups in total. The minimum Gasteiger partial charge on any atom is -0.211 e. The quantitative estimate of drug-likeness (QED) is 0.672. The number of halogens is 1. The van der Waals surface area contributed by atoms with E-state index in [4.69, 9.17) is 11.6 Å². The van der Waals surface area contributed by atoms with Gasteiger partial charge in [-0.3, -0.25) is 0 Å². The molecule has 1 aliphatic rings. The van der Waals surface area contributed by atoms with Gasteiger partial charge in [0, 0.05) is 12.1 Å². The summed E-state index contributed by atoms with van der Waals surface area (Å²) >= 11 is 5.43. The zero-order valence-electron chi connectivity index (χ0n) is 8.03. The van der Waals surface area contributed by atoms with Crippen LogP contribution in [0.25, 0.3) is 0 Å². The Morgan fingerprint density at radius 1 is 1.31 bits per heavy atom. The molecule has 0 spiro atoms. The molecule has 0 saturated carbocycles. The first-order valence-corrected chi connectivity index (χ1v) is 6.70. The number of rotatable bonds is 2. The average molecular weight is 226 g/mol. The fourth-order valence-electron chi connectivity index (χ4n) is 2.00. The number of piperidine rings is 1. The zero-order chi connectivity index (χ0) is 10.1. The highest BCUT2D eigenvalue weighted by Gasteiger charge is 2.33. The first-order chi connectivity index (χ1) is 5.99. The summed E-state index contributed by atoms with van der Waals surface area (Å²) in [6.45, 7) is 3.89. The minimum absolute atomic E-state index is 0.104. The van der Waals surface area contributed by atoms with Crippen LogP contribution in [0.5, 0.6) is 0 Å². The van der Waals surface area contributed by atoms with Gasteiger partial charge in [0.2, 0.25) is 10.0 Å². The number of alkyl halides is 1. The first kappa shape index (κ1) is 11.3. The van der Waals surface area contributed by atoms with Crippen LogP contribution >= 0.6 is 11.6 Å². The summed E-state index contributed by atoms with van der Waals surface area (Å²) in [5.41, 5.74) is 0. The van der Waals surface area contributed by atoms with Crippen molar-refractivity contribution in [3.8, 4) is 0 Å². The summed E-state index contributed by atoms with van der Waals surface area (Å²) < 4.78 is 24.7. The van der Waals surface area contributed by atoms with E-state index in [1.807, 2.05) is 13.8 Å². The largest absolute Gasteiger partial charge is 0.228 e. The molecular formula is C8H16ClNO2S. The summed E-state index contributed by atoms with van der Waals surface area (Å²) in [7, 11) is -3.22. The molecule has 0 aromatic heterocycles. The molecule has 0 aromatic carbocycles. The van der Waals surface area contributed by atoms with Crippen molar-refractivity contribution in [3.05, 3.63) is 0 Å². The third-order valence-electron chi connectivity index (χ3n) is 2.57. The highest BCUT2D eigenvalue weighted by Crippen LogP contribution is 2.25. The van der Waals surface area contributed by atoms with E-state index < -0.39 is 10.0 Å². The van der Waals surface area contributed by atoms with Gasteiger partial charge >= 0.3 is 0 Å². The van der Waals surface area contributed by atoms with Crippen LogP contribution in [0, 0.1) is 0 Å². The number of sulfonamides is 1. The van der Waals surface area contributed by atoms with Gasteiger partial charge in [-0.2, -0.15) is 4.31 Å². The van der Waals surface area contributed by atoms with Gasteiger partial charge in [0.15, 0.2) is 0 Å². The van der Waals surface area contributed by atoms with Gasteiger partial charge < -0.3 is 0 Å². The third kappa shape index (κ3) is 2.36. The van der Waals surface area contributed by atoms with Crippen LogP contribution in [0.15, 0.2) is 0 Å². The van der Waals surface area contributed by atoms with Gasteiger partial charge in [0.25, 0.3) is 0 Å². The van der Waals surface area contributed by atoms with Crippen LogP contribution in [-0.2, 0) is 10.0 Å². The van der Waals surface area contributed by atoms with E-state index in [1.165, 1.54) is 0 Å². The van der Waals surface area contributed by atoms with Crippen molar-refractivity contribution in [2.75, 3.05) is 5.21 Å². The maximum atomic E-state index is 11.6. The summed E-state index contributed by atoms with van der Waals surface area (Å²) in [6.07, 6.45) is 3.00. The van der Waals surface area contributed by atoms with Crippen molar-refractivity contribution in [1.82, 2.24) is 4.31 Å². The van der Waals surface area contributed by atoms with E-state index >= 15 is 0 Å². The molecule has 78 valence electrons. The summed E-state index contributed by atoms with van der Waals surface area (Å²) in [6, 6.07) is 0.208. The normalized spacial score (nSPS) is 31.9. The van der Waals surface area contributed by atoms with Crippen molar-refractivity contribution in [3.63, 3.8) is 0 Å². The number of nitrogens with zero attached hydrogens (tertiary/aromatic N) is 1. The van der Waals surface area contributed by atoms with Gasteiger partial charge in [-0.25, -0.2) is 8.42 Å². The van der Waals surface area contributed by atoms with Crippen molar-refractivity contribution < 1.29 is 8.42 Å². The van der Waals surface area contributed by atoms with E-state index in [2.05, 4.69) is 0 Å². The smallest absolute Gasteiger partial charge is 0.211 e. The summed E-state index contributed by atoms with van der Waals surface area (Å²) in [4.78, 5) is 0.